The van der Waals surface area contributed by atoms with Gasteiger partial charge in [-0.25, -0.2) is 0 Å². The summed E-state index contributed by atoms with van der Waals surface area (Å²) in [7, 11) is 0. The standard InChI is InChI=1S/2C22H19.C2H4.2ClH.Zr/c2*1-2-7-16-14-18-10-6-13-21(22(18)15-16)20-12-5-9-17-8-3-4-11-19(17)20;1-2;;;/h2*3-6,8-15H,2,7H2,1H3;1-2H2;2*1H;/q;;;;;+2/p-2. The molecule has 6 aromatic carbocycles. The van der Waals surface area contributed by atoms with Crippen LogP contribution in [0.5, 0.6) is 0 Å². The number of benzene rings is 6. The summed E-state index contributed by atoms with van der Waals surface area (Å²) < 4.78 is 4.35. The topological polar surface area (TPSA) is 0 Å². The molecular weight excluding hydrogens is 715 g/mol. The average molecular weight is 757 g/mol. The van der Waals surface area contributed by atoms with Gasteiger partial charge in [0.25, 0.3) is 0 Å². The van der Waals surface area contributed by atoms with E-state index in [-0.39, 0.29) is 24.8 Å². The molecule has 0 N–H and O–H groups in total. The Morgan fingerprint density at radius 3 is 1.29 bits per heavy atom. The van der Waals surface area contributed by atoms with Crippen molar-refractivity contribution in [1.82, 2.24) is 0 Å². The Balaban J connectivity index is 0.00000189. The maximum absolute atomic E-state index is 2.81. The fourth-order valence-corrected chi connectivity index (χ4v) is 27.2. The molecule has 1 heterocycles. The van der Waals surface area contributed by atoms with Crippen LogP contribution >= 0.6 is 0 Å². The molecule has 0 nitrogen and oxygen atoms in total. The molecule has 1 fully saturated rings. The molecule has 49 heavy (non-hydrogen) atoms. The van der Waals surface area contributed by atoms with Crippen molar-refractivity contribution in [2.75, 3.05) is 0 Å². The Bertz CT molecular complexity index is 2090. The van der Waals surface area contributed by atoms with Crippen molar-refractivity contribution in [3.8, 4) is 22.3 Å². The summed E-state index contributed by atoms with van der Waals surface area (Å²) in [5.74, 6) is 0. The molecule has 0 amide bonds. The summed E-state index contributed by atoms with van der Waals surface area (Å²) >= 11 is -2.81. The molecule has 3 aliphatic rings. The van der Waals surface area contributed by atoms with Crippen molar-refractivity contribution < 1.29 is 45.1 Å². The summed E-state index contributed by atoms with van der Waals surface area (Å²) in [5, 5.41) is 5.37. The number of allylic oxidation sites excluding steroid dienone is 2. The predicted molar refractivity (Wildman–Crippen MR) is 200 cm³/mol. The second-order valence-corrected chi connectivity index (χ2v) is 25.6. The van der Waals surface area contributed by atoms with Crippen molar-refractivity contribution in [3.05, 3.63) is 155 Å². The van der Waals surface area contributed by atoms with E-state index < -0.39 is 20.3 Å². The van der Waals surface area contributed by atoms with E-state index in [1.807, 2.05) is 0 Å². The van der Waals surface area contributed by atoms with Crippen LogP contribution in [-0.2, 0) is 20.3 Å². The summed E-state index contributed by atoms with van der Waals surface area (Å²) in [6.07, 6.45) is 10.2. The minimum absolute atomic E-state index is 0. The van der Waals surface area contributed by atoms with Crippen molar-refractivity contribution in [2.45, 2.75) is 55.0 Å². The zero-order valence-corrected chi connectivity index (χ0v) is 32.3. The average Bonchev–Trinajstić information content (AvgIpc) is 3.66. The van der Waals surface area contributed by atoms with Crippen LogP contribution in [0, 0.1) is 0 Å². The third-order valence-electron chi connectivity index (χ3n) is 11.5. The van der Waals surface area contributed by atoms with Gasteiger partial charge < -0.3 is 24.8 Å². The van der Waals surface area contributed by atoms with E-state index in [1.54, 1.807) is 22.3 Å². The number of rotatable bonds is 8. The van der Waals surface area contributed by atoms with Gasteiger partial charge in [0, 0.05) is 0 Å². The van der Waals surface area contributed by atoms with Gasteiger partial charge in [0.1, 0.15) is 0 Å². The van der Waals surface area contributed by atoms with Gasteiger partial charge in [-0.05, 0) is 0 Å². The third-order valence-corrected chi connectivity index (χ3v) is 24.6. The van der Waals surface area contributed by atoms with Crippen molar-refractivity contribution in [1.29, 1.82) is 0 Å². The molecule has 9 rings (SSSR count). The normalized spacial score (nSPS) is 17.6. The first-order valence-electron chi connectivity index (χ1n) is 17.8. The predicted octanol–water partition coefficient (Wildman–Crippen LogP) is 7.52. The van der Waals surface area contributed by atoms with Gasteiger partial charge >= 0.3 is 286 Å². The van der Waals surface area contributed by atoms with Gasteiger partial charge in [-0.2, -0.15) is 0 Å². The molecule has 0 spiro atoms. The van der Waals surface area contributed by atoms with Crippen molar-refractivity contribution in [2.24, 2.45) is 0 Å². The fraction of sp³-hybridized carbons (Fsp3) is 0.217. The summed E-state index contributed by atoms with van der Waals surface area (Å²) in [6.45, 7) is 4.76. The van der Waals surface area contributed by atoms with Crippen LogP contribution in [-0.4, -0.2) is 0 Å². The fourth-order valence-electron chi connectivity index (χ4n) is 9.58. The van der Waals surface area contributed by atoms with Crippen LogP contribution in [0.2, 0.25) is 8.26 Å². The van der Waals surface area contributed by atoms with Crippen LogP contribution in [0.15, 0.2) is 132 Å². The second-order valence-electron chi connectivity index (χ2n) is 14.2. The van der Waals surface area contributed by atoms with Gasteiger partial charge in [0.2, 0.25) is 0 Å². The first kappa shape index (κ1) is 34.2. The van der Waals surface area contributed by atoms with E-state index in [0.717, 1.165) is 0 Å². The Morgan fingerprint density at radius 1 is 0.469 bits per heavy atom. The van der Waals surface area contributed by atoms with Crippen LogP contribution in [0.25, 0.3) is 56.0 Å². The first-order chi connectivity index (χ1) is 23.2. The first-order valence-corrected chi connectivity index (χ1v) is 24.2. The van der Waals surface area contributed by atoms with Gasteiger partial charge in [-0.3, -0.25) is 0 Å². The van der Waals surface area contributed by atoms with Gasteiger partial charge in [0.15, 0.2) is 0 Å². The van der Waals surface area contributed by atoms with Crippen molar-refractivity contribution in [3.63, 3.8) is 0 Å². The van der Waals surface area contributed by atoms with E-state index >= 15 is 0 Å². The molecule has 0 saturated carbocycles. The Kier molecular flexibility index (Phi) is 9.67. The Hall–Kier alpha value is -3.22. The van der Waals surface area contributed by atoms with Crippen LogP contribution in [0.1, 0.15) is 69.0 Å². The molecule has 0 aromatic heterocycles. The maximum atomic E-state index is 2.67. The SMILES string of the molecule is CCCC1=Cc2c(-c3cccc4ccccc34)cccc2[CH]1[Zr+2]1([CH]2C(CCC)=Cc3c(-c4cccc5ccccc45)cccc32)[CH2][CH2]1.[Cl-].[Cl-]. The molecule has 2 unspecified atom stereocenters. The molecular formula is C46H42Cl2Zr. The van der Waals surface area contributed by atoms with Crippen LogP contribution in [0.3, 0.4) is 0 Å². The van der Waals surface area contributed by atoms with Crippen molar-refractivity contribution >= 4 is 33.7 Å². The molecule has 1 saturated heterocycles. The summed E-state index contributed by atoms with van der Waals surface area (Å²) in [5.41, 5.74) is 15.4. The van der Waals surface area contributed by atoms with E-state index in [4.69, 9.17) is 0 Å². The molecule has 2 atom stereocenters. The zero-order valence-electron chi connectivity index (χ0n) is 28.4. The molecule has 1 aliphatic heterocycles. The van der Waals surface area contributed by atoms with Crippen LogP contribution < -0.4 is 24.8 Å². The van der Waals surface area contributed by atoms with E-state index in [2.05, 4.69) is 147 Å². The summed E-state index contributed by atoms with van der Waals surface area (Å²) in [4.78, 5) is 0. The molecule has 6 aromatic rings. The largest absolute Gasteiger partial charge is 1.00 e. The number of fused-ring (bicyclic) bond motifs is 4. The monoisotopic (exact) mass is 754 g/mol. The molecule has 2 aliphatic carbocycles. The Morgan fingerprint density at radius 2 is 0.857 bits per heavy atom. The van der Waals surface area contributed by atoms with Gasteiger partial charge in [-0.15, -0.1) is 0 Å². The smallest absolute Gasteiger partial charge is 1.00 e. The van der Waals surface area contributed by atoms with E-state index in [1.165, 1.54) is 88.9 Å². The zero-order chi connectivity index (χ0) is 31.5. The molecule has 244 valence electrons. The molecule has 0 bridgehead atoms. The molecule has 3 heteroatoms. The van der Waals surface area contributed by atoms with E-state index in [0.29, 0.717) is 7.25 Å². The molecule has 0 radical (unpaired) electrons. The summed E-state index contributed by atoms with van der Waals surface area (Å²) in [6, 6.07) is 46.1. The minimum atomic E-state index is -2.81. The van der Waals surface area contributed by atoms with Gasteiger partial charge in [0.05, 0.1) is 0 Å². The van der Waals surface area contributed by atoms with Gasteiger partial charge in [-0.1, -0.05) is 0 Å². The second kappa shape index (κ2) is 13.8. The maximum Gasteiger partial charge on any atom is -1.00 e. The third kappa shape index (κ3) is 5.53. The number of hydrogen-bond acceptors (Lipinski definition) is 0. The number of hydrogen-bond donors (Lipinski definition) is 0. The Labute approximate surface area is 308 Å². The quantitative estimate of drug-likeness (QED) is 0.151. The van der Waals surface area contributed by atoms with Crippen LogP contribution in [0.4, 0.5) is 0 Å². The minimum Gasteiger partial charge on any atom is -1.00 e. The number of halogens is 2. The van der Waals surface area contributed by atoms with E-state index in [9.17, 15) is 0 Å².